The van der Waals surface area contributed by atoms with Crippen LogP contribution in [0.15, 0.2) is 18.6 Å². The zero-order valence-electron chi connectivity index (χ0n) is 11.8. The lowest BCUT2D eigenvalue weighted by Crippen LogP contribution is -2.28. The van der Waals surface area contributed by atoms with E-state index in [1.54, 1.807) is 17.0 Å². The molecule has 0 saturated heterocycles. The molecule has 0 aliphatic heterocycles. The van der Waals surface area contributed by atoms with Crippen molar-refractivity contribution < 1.29 is 4.79 Å². The van der Waals surface area contributed by atoms with Crippen molar-refractivity contribution in [2.75, 3.05) is 6.54 Å². The third kappa shape index (κ3) is 2.45. The normalized spacial score (nSPS) is 14.5. The van der Waals surface area contributed by atoms with E-state index in [0.717, 1.165) is 12.2 Å². The van der Waals surface area contributed by atoms with Crippen molar-refractivity contribution >= 4 is 5.91 Å². The number of amides is 1. The van der Waals surface area contributed by atoms with Gasteiger partial charge in [0, 0.05) is 50.3 Å². The lowest BCUT2D eigenvalue weighted by Gasteiger charge is -2.09. The number of carbonyl (C=O) groups is 1. The number of aryl methyl sites for hydroxylation is 2. The first-order valence-electron chi connectivity index (χ1n) is 6.95. The molecule has 106 valence electrons. The maximum atomic E-state index is 11.9. The number of aromatic nitrogens is 4. The molecule has 2 aromatic heterocycles. The number of hydrogen-bond acceptors (Lipinski definition) is 3. The first-order chi connectivity index (χ1) is 9.66. The molecule has 2 heterocycles. The van der Waals surface area contributed by atoms with Crippen LogP contribution in [-0.4, -0.2) is 31.6 Å². The van der Waals surface area contributed by atoms with Gasteiger partial charge in [-0.2, -0.15) is 0 Å². The van der Waals surface area contributed by atoms with Gasteiger partial charge >= 0.3 is 0 Å². The van der Waals surface area contributed by atoms with Crippen LogP contribution in [0.25, 0.3) is 0 Å². The average Bonchev–Trinajstić information content (AvgIpc) is 3.06. The van der Waals surface area contributed by atoms with Crippen molar-refractivity contribution in [1.29, 1.82) is 0 Å². The molecule has 1 fully saturated rings. The Kier molecular flexibility index (Phi) is 3.30. The highest BCUT2D eigenvalue weighted by Gasteiger charge is 2.27. The van der Waals surface area contributed by atoms with Crippen molar-refractivity contribution in [3.63, 3.8) is 0 Å². The van der Waals surface area contributed by atoms with Gasteiger partial charge in [0.25, 0.3) is 5.91 Å². The summed E-state index contributed by atoms with van der Waals surface area (Å²) in [6.07, 6.45) is 8.53. The third-order valence-corrected chi connectivity index (χ3v) is 3.63. The highest BCUT2D eigenvalue weighted by atomic mass is 16.2. The molecule has 1 aliphatic carbocycles. The Balaban J connectivity index is 1.58. The lowest BCUT2D eigenvalue weighted by atomic mass is 10.3. The molecule has 1 N–H and O–H groups in total. The third-order valence-electron chi connectivity index (χ3n) is 3.63. The van der Waals surface area contributed by atoms with E-state index in [0.29, 0.717) is 18.4 Å². The van der Waals surface area contributed by atoms with Crippen LogP contribution < -0.4 is 5.32 Å². The number of nitrogens with zero attached hydrogens (tertiary/aromatic N) is 4. The molecule has 0 bridgehead atoms. The van der Waals surface area contributed by atoms with Gasteiger partial charge in [0.1, 0.15) is 5.82 Å². The first kappa shape index (κ1) is 12.9. The molecule has 1 amide bonds. The van der Waals surface area contributed by atoms with E-state index in [9.17, 15) is 4.79 Å². The largest absolute Gasteiger partial charge is 0.349 e. The second kappa shape index (κ2) is 5.11. The number of carbonyl (C=O) groups excluding carboxylic acids is 1. The highest BCUT2D eigenvalue weighted by Crippen LogP contribution is 2.36. The molecule has 20 heavy (non-hydrogen) atoms. The van der Waals surface area contributed by atoms with E-state index in [1.165, 1.54) is 18.5 Å². The molecular formula is C14H19N5O. The molecule has 0 spiro atoms. The van der Waals surface area contributed by atoms with Crippen LogP contribution in [0, 0.1) is 6.92 Å². The van der Waals surface area contributed by atoms with Crippen LogP contribution in [-0.2, 0) is 13.5 Å². The Morgan fingerprint density at radius 1 is 1.45 bits per heavy atom. The minimum absolute atomic E-state index is 0.140. The van der Waals surface area contributed by atoms with E-state index in [1.807, 2.05) is 13.2 Å². The summed E-state index contributed by atoms with van der Waals surface area (Å²) in [5, 5.41) is 2.89. The maximum Gasteiger partial charge on any atom is 0.287 e. The van der Waals surface area contributed by atoms with Gasteiger partial charge in [0.05, 0.1) is 0 Å². The van der Waals surface area contributed by atoms with Crippen molar-refractivity contribution in [1.82, 2.24) is 24.4 Å². The Bertz CT molecular complexity index is 623. The van der Waals surface area contributed by atoms with Crippen molar-refractivity contribution in [3.8, 4) is 0 Å². The quantitative estimate of drug-likeness (QED) is 0.891. The molecular weight excluding hydrogens is 254 g/mol. The van der Waals surface area contributed by atoms with Crippen LogP contribution in [0.3, 0.4) is 0 Å². The summed E-state index contributed by atoms with van der Waals surface area (Å²) in [7, 11) is 1.81. The number of nitrogens with one attached hydrogen (secondary N) is 1. The second-order valence-electron chi connectivity index (χ2n) is 5.28. The summed E-state index contributed by atoms with van der Waals surface area (Å²) in [6, 6.07) is 0.623. The molecule has 2 aromatic rings. The minimum Gasteiger partial charge on any atom is -0.349 e. The maximum absolute atomic E-state index is 11.9. The molecule has 6 heteroatoms. The van der Waals surface area contributed by atoms with Gasteiger partial charge in [0.2, 0.25) is 0 Å². The van der Waals surface area contributed by atoms with Gasteiger partial charge in [-0.3, -0.25) is 4.79 Å². The van der Waals surface area contributed by atoms with Gasteiger partial charge in [-0.15, -0.1) is 0 Å². The Hall–Kier alpha value is -2.11. The van der Waals surface area contributed by atoms with Gasteiger partial charge < -0.3 is 14.5 Å². The van der Waals surface area contributed by atoms with Crippen LogP contribution in [0.5, 0.6) is 0 Å². The fourth-order valence-electron chi connectivity index (χ4n) is 2.46. The molecule has 0 unspecified atom stereocenters. The van der Waals surface area contributed by atoms with Gasteiger partial charge in [-0.25, -0.2) is 9.97 Å². The van der Waals surface area contributed by atoms with Crippen LogP contribution in [0.4, 0.5) is 0 Å². The van der Waals surface area contributed by atoms with E-state index in [-0.39, 0.29) is 5.91 Å². The zero-order valence-corrected chi connectivity index (χ0v) is 11.8. The molecule has 3 rings (SSSR count). The SMILES string of the molecule is Cc1cnc(CCNC(=O)c2nccn2C)n1C1CC1. The lowest BCUT2D eigenvalue weighted by molar-refractivity contribution is 0.0940. The molecule has 1 saturated carbocycles. The molecule has 0 aromatic carbocycles. The summed E-state index contributed by atoms with van der Waals surface area (Å²) in [5.74, 6) is 1.36. The molecule has 1 aliphatic rings. The average molecular weight is 273 g/mol. The Morgan fingerprint density at radius 2 is 2.25 bits per heavy atom. The van der Waals surface area contributed by atoms with Crippen LogP contribution >= 0.6 is 0 Å². The van der Waals surface area contributed by atoms with E-state index in [2.05, 4.69) is 26.8 Å². The highest BCUT2D eigenvalue weighted by molar-refractivity contribution is 5.90. The van der Waals surface area contributed by atoms with Crippen molar-refractivity contribution in [3.05, 3.63) is 35.9 Å². The fourth-order valence-corrected chi connectivity index (χ4v) is 2.46. The zero-order chi connectivity index (χ0) is 14.1. The topological polar surface area (TPSA) is 64.7 Å². The van der Waals surface area contributed by atoms with Gasteiger partial charge in [0.15, 0.2) is 5.82 Å². The van der Waals surface area contributed by atoms with E-state index >= 15 is 0 Å². The molecule has 6 nitrogen and oxygen atoms in total. The first-order valence-corrected chi connectivity index (χ1v) is 6.95. The summed E-state index contributed by atoms with van der Waals surface area (Å²) in [5.41, 5.74) is 1.21. The Morgan fingerprint density at radius 3 is 2.90 bits per heavy atom. The predicted molar refractivity (Wildman–Crippen MR) is 74.5 cm³/mol. The number of imidazole rings is 2. The predicted octanol–water partition coefficient (Wildman–Crippen LogP) is 1.23. The summed E-state index contributed by atoms with van der Waals surface area (Å²) in [4.78, 5) is 20.4. The molecule has 0 atom stereocenters. The fraction of sp³-hybridized carbons (Fsp3) is 0.500. The van der Waals surface area contributed by atoms with Crippen LogP contribution in [0.2, 0.25) is 0 Å². The second-order valence-corrected chi connectivity index (χ2v) is 5.28. The monoisotopic (exact) mass is 273 g/mol. The van der Waals surface area contributed by atoms with E-state index in [4.69, 9.17) is 0 Å². The Labute approximate surface area is 117 Å². The summed E-state index contributed by atoms with van der Waals surface area (Å²) in [6.45, 7) is 2.66. The summed E-state index contributed by atoms with van der Waals surface area (Å²) < 4.78 is 4.01. The van der Waals surface area contributed by atoms with Gasteiger partial charge in [-0.05, 0) is 19.8 Å². The number of rotatable bonds is 5. The van der Waals surface area contributed by atoms with Gasteiger partial charge in [-0.1, -0.05) is 0 Å². The smallest absolute Gasteiger partial charge is 0.287 e. The van der Waals surface area contributed by atoms with Crippen molar-refractivity contribution in [2.24, 2.45) is 7.05 Å². The van der Waals surface area contributed by atoms with Crippen LogP contribution in [0.1, 0.15) is 41.0 Å². The summed E-state index contributed by atoms with van der Waals surface area (Å²) >= 11 is 0. The number of hydrogen-bond donors (Lipinski definition) is 1. The standard InChI is InChI=1S/C14H19N5O/c1-10-9-17-12(19(10)11-3-4-11)5-6-16-14(20)13-15-7-8-18(13)2/h7-9,11H,3-6H2,1-2H3,(H,16,20). The minimum atomic E-state index is -0.140. The molecule has 0 radical (unpaired) electrons. The van der Waals surface area contributed by atoms with Crippen molar-refractivity contribution in [2.45, 2.75) is 32.2 Å². The van der Waals surface area contributed by atoms with E-state index < -0.39 is 0 Å².